The normalized spacial score (nSPS) is 14.2. The molecule has 1 heterocycles. The molecule has 0 aliphatic carbocycles. The zero-order valence-corrected chi connectivity index (χ0v) is 12.6. The van der Waals surface area contributed by atoms with E-state index in [2.05, 4.69) is 67.0 Å². The molecule has 2 aromatic rings. The largest absolute Gasteiger partial charge is 0.303 e. The van der Waals surface area contributed by atoms with Gasteiger partial charge in [-0.05, 0) is 30.4 Å². The Hall–Kier alpha value is -1.12. The lowest BCUT2D eigenvalue weighted by molar-refractivity contribution is 0.435. The molecule has 1 N–H and O–H groups in total. The molecule has 0 saturated carbocycles. The Bertz CT molecular complexity index is 449. The molecule has 0 aliphatic rings. The third-order valence-corrected chi connectivity index (χ3v) is 4.52. The molecule has 0 aliphatic heterocycles. The van der Waals surface area contributed by atoms with E-state index >= 15 is 0 Å². The number of hydrogen-bond donors (Lipinski definition) is 1. The summed E-state index contributed by atoms with van der Waals surface area (Å²) in [5.74, 6) is 0. The van der Waals surface area contributed by atoms with Crippen molar-refractivity contribution in [3.05, 3.63) is 58.3 Å². The molecular formula is C17H23NS. The van der Waals surface area contributed by atoms with Gasteiger partial charge in [-0.2, -0.15) is 0 Å². The van der Waals surface area contributed by atoms with Gasteiger partial charge in [0.1, 0.15) is 0 Å². The van der Waals surface area contributed by atoms with Crippen LogP contribution in [0.3, 0.4) is 0 Å². The van der Waals surface area contributed by atoms with Crippen molar-refractivity contribution in [1.82, 2.24) is 5.32 Å². The monoisotopic (exact) mass is 273 g/mol. The van der Waals surface area contributed by atoms with Crippen LogP contribution in [0, 0.1) is 0 Å². The molecule has 0 spiro atoms. The van der Waals surface area contributed by atoms with Gasteiger partial charge in [-0.3, -0.25) is 0 Å². The van der Waals surface area contributed by atoms with Crippen molar-refractivity contribution in [2.24, 2.45) is 0 Å². The molecule has 0 radical (unpaired) electrons. The van der Waals surface area contributed by atoms with Crippen molar-refractivity contribution in [3.63, 3.8) is 0 Å². The Morgan fingerprint density at radius 2 is 1.89 bits per heavy atom. The summed E-state index contributed by atoms with van der Waals surface area (Å²) in [5.41, 5.74) is 1.40. The molecular weight excluding hydrogens is 250 g/mol. The number of benzene rings is 1. The smallest absolute Gasteiger partial charge is 0.0391 e. The van der Waals surface area contributed by atoms with Crippen molar-refractivity contribution >= 4 is 11.3 Å². The van der Waals surface area contributed by atoms with Gasteiger partial charge in [0.05, 0.1) is 0 Å². The predicted octanol–water partition coefficient (Wildman–Crippen LogP) is 5.33. The first-order chi connectivity index (χ1) is 9.31. The summed E-state index contributed by atoms with van der Waals surface area (Å²) in [4.78, 5) is 1.41. The van der Waals surface area contributed by atoms with Crippen molar-refractivity contribution in [2.45, 2.75) is 45.2 Å². The molecule has 2 rings (SSSR count). The summed E-state index contributed by atoms with van der Waals surface area (Å²) in [6.45, 7) is 4.51. The van der Waals surface area contributed by atoms with Gasteiger partial charge in [0.15, 0.2) is 0 Å². The van der Waals surface area contributed by atoms with E-state index in [-0.39, 0.29) is 0 Å². The van der Waals surface area contributed by atoms with Crippen LogP contribution in [-0.4, -0.2) is 0 Å². The van der Waals surface area contributed by atoms with Crippen LogP contribution >= 0.6 is 11.3 Å². The van der Waals surface area contributed by atoms with E-state index in [4.69, 9.17) is 0 Å². The van der Waals surface area contributed by atoms with Gasteiger partial charge in [0.25, 0.3) is 0 Å². The molecule has 0 fully saturated rings. The zero-order chi connectivity index (χ0) is 13.5. The minimum atomic E-state index is 0.419. The highest BCUT2D eigenvalue weighted by molar-refractivity contribution is 7.10. The number of nitrogens with one attached hydrogen (secondary N) is 1. The minimum absolute atomic E-state index is 0.419. The first-order valence-corrected chi connectivity index (χ1v) is 8.03. The molecule has 0 saturated heterocycles. The van der Waals surface area contributed by atoms with Crippen LogP contribution in [0.4, 0.5) is 0 Å². The van der Waals surface area contributed by atoms with E-state index in [0.717, 1.165) is 0 Å². The topological polar surface area (TPSA) is 12.0 Å². The zero-order valence-electron chi connectivity index (χ0n) is 11.8. The standard InChI is InChI=1S/C17H23NS/c1-3-4-11-16(15-9-6-5-7-10-15)18-14(2)17-12-8-13-19-17/h5-10,12-14,16,18H,3-4,11H2,1-2H3/t14-,16?/m0/s1. The fourth-order valence-electron chi connectivity index (χ4n) is 2.36. The molecule has 19 heavy (non-hydrogen) atoms. The van der Waals surface area contributed by atoms with Gasteiger partial charge in [0.2, 0.25) is 0 Å². The Kier molecular flexibility index (Phi) is 5.62. The summed E-state index contributed by atoms with van der Waals surface area (Å²) in [6, 6.07) is 16.0. The van der Waals surface area contributed by atoms with Gasteiger partial charge in [-0.25, -0.2) is 0 Å². The van der Waals surface area contributed by atoms with Gasteiger partial charge in [-0.15, -0.1) is 11.3 Å². The van der Waals surface area contributed by atoms with E-state index in [0.29, 0.717) is 12.1 Å². The molecule has 1 nitrogen and oxygen atoms in total. The summed E-state index contributed by atoms with van der Waals surface area (Å²) in [5, 5.41) is 5.93. The second-order valence-electron chi connectivity index (χ2n) is 5.01. The third-order valence-electron chi connectivity index (χ3n) is 3.47. The lowest BCUT2D eigenvalue weighted by Gasteiger charge is -2.23. The highest BCUT2D eigenvalue weighted by atomic mass is 32.1. The van der Waals surface area contributed by atoms with Gasteiger partial charge >= 0.3 is 0 Å². The molecule has 1 unspecified atom stereocenters. The quantitative estimate of drug-likeness (QED) is 0.719. The number of hydrogen-bond acceptors (Lipinski definition) is 2. The van der Waals surface area contributed by atoms with Crippen molar-refractivity contribution in [2.75, 3.05) is 0 Å². The van der Waals surface area contributed by atoms with Crippen LogP contribution in [-0.2, 0) is 0 Å². The second kappa shape index (κ2) is 7.46. The van der Waals surface area contributed by atoms with E-state index in [1.165, 1.54) is 29.7 Å². The lowest BCUT2D eigenvalue weighted by atomic mass is 10.00. The third kappa shape index (κ3) is 4.19. The van der Waals surface area contributed by atoms with Crippen LogP contribution in [0.15, 0.2) is 47.8 Å². The lowest BCUT2D eigenvalue weighted by Crippen LogP contribution is -2.24. The maximum Gasteiger partial charge on any atom is 0.0391 e. The summed E-state index contributed by atoms with van der Waals surface area (Å²) in [7, 11) is 0. The Morgan fingerprint density at radius 1 is 1.11 bits per heavy atom. The van der Waals surface area contributed by atoms with Crippen LogP contribution in [0.1, 0.15) is 55.6 Å². The van der Waals surface area contributed by atoms with Crippen molar-refractivity contribution in [3.8, 4) is 0 Å². The predicted molar refractivity (Wildman–Crippen MR) is 84.6 cm³/mol. The van der Waals surface area contributed by atoms with Gasteiger partial charge < -0.3 is 5.32 Å². The Balaban J connectivity index is 2.05. The summed E-state index contributed by atoms with van der Waals surface area (Å²) < 4.78 is 0. The Morgan fingerprint density at radius 3 is 2.53 bits per heavy atom. The highest BCUT2D eigenvalue weighted by Crippen LogP contribution is 2.25. The van der Waals surface area contributed by atoms with Crippen LogP contribution in [0.25, 0.3) is 0 Å². The fraction of sp³-hybridized carbons (Fsp3) is 0.412. The summed E-state index contributed by atoms with van der Waals surface area (Å²) >= 11 is 1.83. The first kappa shape index (κ1) is 14.3. The Labute approximate surface area is 120 Å². The van der Waals surface area contributed by atoms with Crippen LogP contribution in [0.2, 0.25) is 0 Å². The molecule has 0 amide bonds. The average molecular weight is 273 g/mol. The molecule has 1 aromatic carbocycles. The van der Waals surface area contributed by atoms with E-state index < -0.39 is 0 Å². The van der Waals surface area contributed by atoms with Crippen LogP contribution in [0.5, 0.6) is 0 Å². The SMILES string of the molecule is CCCCC(N[C@@H](C)c1cccs1)c1ccccc1. The van der Waals surface area contributed by atoms with Gasteiger partial charge in [-0.1, -0.05) is 56.2 Å². The minimum Gasteiger partial charge on any atom is -0.303 e. The van der Waals surface area contributed by atoms with E-state index in [9.17, 15) is 0 Å². The maximum atomic E-state index is 3.78. The molecule has 1 aromatic heterocycles. The first-order valence-electron chi connectivity index (χ1n) is 7.15. The number of rotatable bonds is 7. The molecule has 102 valence electrons. The van der Waals surface area contributed by atoms with E-state index in [1.807, 2.05) is 11.3 Å². The fourth-order valence-corrected chi connectivity index (χ4v) is 3.10. The number of thiophene rings is 1. The van der Waals surface area contributed by atoms with Gasteiger partial charge in [0, 0.05) is 17.0 Å². The average Bonchev–Trinajstić information content (AvgIpc) is 2.98. The van der Waals surface area contributed by atoms with E-state index in [1.54, 1.807) is 0 Å². The van der Waals surface area contributed by atoms with Crippen molar-refractivity contribution < 1.29 is 0 Å². The molecule has 2 atom stereocenters. The molecule has 0 bridgehead atoms. The second-order valence-corrected chi connectivity index (χ2v) is 5.99. The highest BCUT2D eigenvalue weighted by Gasteiger charge is 2.15. The van der Waals surface area contributed by atoms with Crippen molar-refractivity contribution in [1.29, 1.82) is 0 Å². The maximum absolute atomic E-state index is 3.78. The number of unbranched alkanes of at least 4 members (excludes halogenated alkanes) is 1. The van der Waals surface area contributed by atoms with Crippen LogP contribution < -0.4 is 5.32 Å². The summed E-state index contributed by atoms with van der Waals surface area (Å²) in [6.07, 6.45) is 3.72. The molecule has 2 heteroatoms.